The second-order valence-electron chi connectivity index (χ2n) is 1.96. The molecule has 1 fully saturated rings. The molecule has 10 heavy (non-hydrogen) atoms. The summed E-state index contributed by atoms with van der Waals surface area (Å²) in [5.41, 5.74) is 0. The van der Waals surface area contributed by atoms with Crippen molar-refractivity contribution < 1.29 is 52.6 Å². The van der Waals surface area contributed by atoms with E-state index < -0.39 is 5.97 Å². The van der Waals surface area contributed by atoms with Gasteiger partial charge in [0.2, 0.25) is 0 Å². The molecule has 2 atom stereocenters. The van der Waals surface area contributed by atoms with Gasteiger partial charge in [-0.15, -0.1) is 0 Å². The van der Waals surface area contributed by atoms with Crippen LogP contribution in [0.3, 0.4) is 0 Å². The van der Waals surface area contributed by atoms with Gasteiger partial charge in [-0.3, -0.25) is 0 Å². The summed E-state index contributed by atoms with van der Waals surface area (Å²) in [5.74, 6) is -0.600. The van der Waals surface area contributed by atoms with E-state index in [9.17, 15) is 4.79 Å². The average Bonchev–Trinajstić information content (AvgIpc) is 1.76. The molecule has 3 nitrogen and oxygen atoms in total. The zero-order valence-corrected chi connectivity index (χ0v) is 9.79. The Morgan fingerprint density at radius 2 is 2.60 bits per heavy atom. The van der Waals surface area contributed by atoms with Crippen LogP contribution in [0.25, 0.3) is 0 Å². The fourth-order valence-corrected chi connectivity index (χ4v) is 6.03. The van der Waals surface area contributed by atoms with E-state index in [1.54, 1.807) is 0 Å². The molecular weight excluding hydrogens is 360 g/mol. The molecule has 0 spiro atoms. The molecule has 1 heterocycles. The Hall–Kier alpha value is 0.890. The van der Waals surface area contributed by atoms with Crippen LogP contribution in [0.2, 0.25) is 0 Å². The summed E-state index contributed by atoms with van der Waals surface area (Å²) in [6, 6.07) is 0.336. The number of carboxylic acid groups (broad SMARTS) is 1. The van der Waals surface area contributed by atoms with Crippen LogP contribution in [0.4, 0.5) is 0 Å². The molecule has 0 radical (unpaired) electrons. The minimum atomic E-state index is -0.600. The van der Waals surface area contributed by atoms with E-state index in [0.29, 0.717) is 6.04 Å². The summed E-state index contributed by atoms with van der Waals surface area (Å²) >= 11 is 0.0513. The van der Waals surface area contributed by atoms with Crippen molar-refractivity contribution >= 4 is 5.97 Å². The second kappa shape index (κ2) is 4.05. The third-order valence-corrected chi connectivity index (χ3v) is 6.66. The Morgan fingerprint density at radius 1 is 2.00 bits per heavy atom. The molecule has 1 saturated heterocycles. The predicted octanol–water partition coefficient (Wildman–Crippen LogP) is -6.87. The van der Waals surface area contributed by atoms with Crippen molar-refractivity contribution in [1.29, 1.82) is 0 Å². The Morgan fingerprint density at radius 3 is 2.70 bits per heavy atom. The topological polar surface area (TPSA) is 49.3 Å². The van der Waals surface area contributed by atoms with Crippen molar-refractivity contribution in [2.24, 2.45) is 0 Å². The molecule has 0 aromatic carbocycles. The maximum absolute atomic E-state index is 10.6. The van der Waals surface area contributed by atoms with Crippen molar-refractivity contribution in [2.75, 3.05) is 9.36 Å². The molecule has 0 aromatic rings. The van der Waals surface area contributed by atoms with Crippen molar-refractivity contribution in [3.05, 3.63) is 0 Å². The molecule has 1 aliphatic rings. The Kier molecular flexibility index (Phi) is 3.64. The Labute approximate surface area is 80.8 Å². The summed E-state index contributed by atoms with van der Waals surface area (Å²) < 4.78 is 4.36. The number of rotatable bonds is 3. The molecule has 0 saturated carbocycles. The van der Waals surface area contributed by atoms with Gasteiger partial charge in [0.05, 0.1) is 0 Å². The molecule has 0 amide bonds. The number of carboxylic acids is 1. The molecular formula is C5H9I2NO2-2. The number of hydrogen-bond acceptors (Lipinski definition) is 2. The Balaban J connectivity index is 2.39. The van der Waals surface area contributed by atoms with E-state index in [0.717, 1.165) is 4.43 Å². The molecule has 62 valence electrons. The molecule has 2 N–H and O–H groups in total. The molecule has 2 unspecified atom stereocenters. The standard InChI is InChI=1S/C5H9I2NO2/c1-6-4(5(9)10)3-2-7-8-3/h3-4,8H,2H2,1H3,(H,9,10)/q-2. The van der Waals surface area contributed by atoms with Crippen LogP contribution < -0.4 is 46.2 Å². The number of nitrogens with one attached hydrogen (secondary N) is 1. The van der Waals surface area contributed by atoms with Gasteiger partial charge in [0.25, 0.3) is 0 Å². The van der Waals surface area contributed by atoms with Crippen molar-refractivity contribution in [1.82, 2.24) is 3.53 Å². The molecule has 5 heteroatoms. The summed E-state index contributed by atoms with van der Waals surface area (Å²) in [6.07, 6.45) is 0. The van der Waals surface area contributed by atoms with Gasteiger partial charge < -0.3 is 0 Å². The molecule has 1 rings (SSSR count). The fraction of sp³-hybridized carbons (Fsp3) is 0.800. The van der Waals surface area contributed by atoms with Crippen molar-refractivity contribution in [2.45, 2.75) is 9.97 Å². The van der Waals surface area contributed by atoms with E-state index in [4.69, 9.17) is 5.11 Å². The van der Waals surface area contributed by atoms with Crippen molar-refractivity contribution in [3.63, 3.8) is 0 Å². The van der Waals surface area contributed by atoms with E-state index in [-0.39, 0.29) is 46.6 Å². The van der Waals surface area contributed by atoms with Crippen LogP contribution >= 0.6 is 0 Å². The van der Waals surface area contributed by atoms with E-state index in [1.165, 1.54) is 0 Å². The predicted molar refractivity (Wildman–Crippen MR) is 29.1 cm³/mol. The van der Waals surface area contributed by atoms with Gasteiger partial charge in [-0.25, -0.2) is 0 Å². The van der Waals surface area contributed by atoms with Crippen LogP contribution in [-0.2, 0) is 4.79 Å². The monoisotopic (exact) mass is 369 g/mol. The first-order valence-corrected chi connectivity index (χ1v) is 8.81. The fourth-order valence-electron chi connectivity index (χ4n) is 0.717. The summed E-state index contributed by atoms with van der Waals surface area (Å²) in [5, 5.41) is 8.71. The molecule has 0 aliphatic carbocycles. The van der Waals surface area contributed by atoms with Crippen molar-refractivity contribution in [3.8, 4) is 0 Å². The summed E-state index contributed by atoms with van der Waals surface area (Å²) in [7, 11) is 0. The minimum absolute atomic E-state index is 0.0350. The van der Waals surface area contributed by atoms with Crippen LogP contribution in [0.1, 0.15) is 0 Å². The van der Waals surface area contributed by atoms with Gasteiger partial charge in [0.1, 0.15) is 0 Å². The third kappa shape index (κ3) is 1.94. The normalized spacial score (nSPS) is 28.3. The molecule has 1 aliphatic heterocycles. The zero-order chi connectivity index (χ0) is 7.56. The number of hydrogen-bond donors (Lipinski definition) is 2. The molecule has 0 bridgehead atoms. The number of halogens is 2. The number of aliphatic carboxylic acids is 1. The van der Waals surface area contributed by atoms with E-state index in [1.807, 2.05) is 4.93 Å². The summed E-state index contributed by atoms with van der Waals surface area (Å²) in [4.78, 5) is 12.6. The van der Waals surface area contributed by atoms with Crippen LogP contribution in [0, 0.1) is 0 Å². The first kappa shape index (κ1) is 8.98. The summed E-state index contributed by atoms with van der Waals surface area (Å²) in [6.45, 7) is 0. The van der Waals surface area contributed by atoms with Gasteiger partial charge in [-0.05, 0) is 0 Å². The Bertz CT molecular complexity index is 138. The van der Waals surface area contributed by atoms with E-state index in [2.05, 4.69) is 3.53 Å². The quantitative estimate of drug-likeness (QED) is 0.296. The van der Waals surface area contributed by atoms with Crippen LogP contribution in [-0.4, -0.2) is 30.4 Å². The van der Waals surface area contributed by atoms with Gasteiger partial charge in [-0.1, -0.05) is 0 Å². The number of alkyl halides is 3. The number of carbonyl (C=O) groups is 1. The second-order valence-corrected chi connectivity index (χ2v) is 6.82. The first-order valence-electron chi connectivity index (χ1n) is 2.80. The van der Waals surface area contributed by atoms with Crippen LogP contribution in [0.5, 0.6) is 0 Å². The third-order valence-electron chi connectivity index (χ3n) is 1.28. The zero-order valence-electron chi connectivity index (χ0n) is 5.47. The van der Waals surface area contributed by atoms with Gasteiger partial charge >= 0.3 is 81.4 Å². The first-order chi connectivity index (χ1) is 4.75. The van der Waals surface area contributed by atoms with E-state index >= 15 is 0 Å². The van der Waals surface area contributed by atoms with Crippen LogP contribution in [0.15, 0.2) is 0 Å². The maximum atomic E-state index is 10.6. The average molecular weight is 369 g/mol. The van der Waals surface area contributed by atoms with Gasteiger partial charge in [0.15, 0.2) is 0 Å². The van der Waals surface area contributed by atoms with Gasteiger partial charge in [0, 0.05) is 0 Å². The molecule has 0 aromatic heterocycles. The SMILES string of the molecule is C[I-]C(C(=O)O)C1C[I-]N1. The van der Waals surface area contributed by atoms with Gasteiger partial charge in [-0.2, -0.15) is 0 Å².